The summed E-state index contributed by atoms with van der Waals surface area (Å²) in [5.41, 5.74) is -0.603. The molecule has 6 heteroatoms. The van der Waals surface area contributed by atoms with Gasteiger partial charge >= 0.3 is 6.03 Å². The molecule has 0 spiro atoms. The number of hydrogen-bond donors (Lipinski definition) is 1. The van der Waals surface area contributed by atoms with Gasteiger partial charge in [0.15, 0.2) is 5.84 Å². The fraction of sp³-hybridized carbons (Fsp3) is 0.714. The van der Waals surface area contributed by atoms with Crippen LogP contribution in [0.4, 0.5) is 4.79 Å². The molecule has 1 N–H and O–H groups in total. The molecule has 13 heavy (non-hydrogen) atoms. The molecule has 2 heterocycles. The second-order valence-electron chi connectivity index (χ2n) is 3.17. The topological polar surface area (TPSA) is 75.4 Å². The molecular weight excluding hydrogens is 172 g/mol. The number of aliphatic imine (C=N–C) groups is 1. The van der Waals surface area contributed by atoms with Gasteiger partial charge in [0, 0.05) is 13.1 Å². The SMILES string of the molecule is CC1(C2=NC(=O)N=N2)CNCCO1. The number of morpholine rings is 1. The van der Waals surface area contributed by atoms with Gasteiger partial charge in [0.2, 0.25) is 0 Å². The number of rotatable bonds is 1. The van der Waals surface area contributed by atoms with E-state index in [-0.39, 0.29) is 0 Å². The van der Waals surface area contributed by atoms with Crippen molar-refractivity contribution in [3.8, 4) is 0 Å². The standard InChI is InChI=1S/C7H10N4O2/c1-7(4-8-2-3-13-7)5-9-6(12)11-10-5/h8H,2-4H2,1H3. The van der Waals surface area contributed by atoms with E-state index < -0.39 is 11.6 Å². The van der Waals surface area contributed by atoms with Gasteiger partial charge in [0.25, 0.3) is 0 Å². The fourth-order valence-corrected chi connectivity index (χ4v) is 1.32. The van der Waals surface area contributed by atoms with Gasteiger partial charge in [-0.15, -0.1) is 5.11 Å². The Hall–Kier alpha value is -1.14. The zero-order valence-electron chi connectivity index (χ0n) is 7.28. The fourth-order valence-electron chi connectivity index (χ4n) is 1.32. The Balaban J connectivity index is 2.18. The predicted octanol–water partition coefficient (Wildman–Crippen LogP) is 0.349. The monoisotopic (exact) mass is 182 g/mol. The lowest BCUT2D eigenvalue weighted by Crippen LogP contribution is -2.52. The highest BCUT2D eigenvalue weighted by atomic mass is 16.5. The van der Waals surface area contributed by atoms with Crippen LogP contribution in [0.5, 0.6) is 0 Å². The molecule has 6 nitrogen and oxygen atoms in total. The third kappa shape index (κ3) is 1.50. The lowest BCUT2D eigenvalue weighted by molar-refractivity contribution is -0.00302. The van der Waals surface area contributed by atoms with Crippen LogP contribution in [-0.4, -0.2) is 37.2 Å². The molecule has 1 unspecified atom stereocenters. The smallest absolute Gasteiger partial charge is 0.365 e. The van der Waals surface area contributed by atoms with Crippen LogP contribution in [0.25, 0.3) is 0 Å². The van der Waals surface area contributed by atoms with Crippen LogP contribution in [0.15, 0.2) is 15.2 Å². The van der Waals surface area contributed by atoms with Gasteiger partial charge in [-0.05, 0) is 6.92 Å². The number of carbonyl (C=O) groups is 1. The minimum Gasteiger partial charge on any atom is -0.365 e. The maximum atomic E-state index is 10.7. The third-order valence-corrected chi connectivity index (χ3v) is 2.07. The molecule has 0 aromatic rings. The minimum atomic E-state index is -0.603. The van der Waals surface area contributed by atoms with E-state index >= 15 is 0 Å². The largest absolute Gasteiger partial charge is 0.387 e. The van der Waals surface area contributed by atoms with Crippen LogP contribution in [0, 0.1) is 0 Å². The van der Waals surface area contributed by atoms with Gasteiger partial charge in [-0.1, -0.05) is 5.11 Å². The van der Waals surface area contributed by atoms with E-state index in [1.54, 1.807) is 0 Å². The first-order valence-corrected chi connectivity index (χ1v) is 4.10. The number of hydrogen-bond acceptors (Lipinski definition) is 4. The summed E-state index contributed by atoms with van der Waals surface area (Å²) < 4.78 is 5.50. The van der Waals surface area contributed by atoms with E-state index in [0.717, 1.165) is 6.54 Å². The van der Waals surface area contributed by atoms with Crippen LogP contribution >= 0.6 is 0 Å². The highest BCUT2D eigenvalue weighted by Gasteiger charge is 2.36. The number of amides is 2. The van der Waals surface area contributed by atoms with Gasteiger partial charge in [0.1, 0.15) is 5.60 Å². The molecule has 2 rings (SSSR count). The van der Waals surface area contributed by atoms with Crippen LogP contribution in [0.2, 0.25) is 0 Å². The Morgan fingerprint density at radius 2 is 2.38 bits per heavy atom. The van der Waals surface area contributed by atoms with Crippen molar-refractivity contribution in [1.29, 1.82) is 0 Å². The van der Waals surface area contributed by atoms with Crippen molar-refractivity contribution in [2.75, 3.05) is 19.7 Å². The molecule has 2 amide bonds. The Kier molecular flexibility index (Phi) is 1.93. The van der Waals surface area contributed by atoms with Gasteiger partial charge in [0.05, 0.1) is 6.61 Å². The normalized spacial score (nSPS) is 33.6. The molecule has 0 aliphatic carbocycles. The van der Waals surface area contributed by atoms with Gasteiger partial charge in [-0.3, -0.25) is 0 Å². The first kappa shape index (κ1) is 8.46. The third-order valence-electron chi connectivity index (χ3n) is 2.07. The highest BCUT2D eigenvalue weighted by Crippen LogP contribution is 2.19. The molecule has 0 bridgehead atoms. The van der Waals surface area contributed by atoms with Gasteiger partial charge in [-0.25, -0.2) is 4.79 Å². The molecule has 0 radical (unpaired) electrons. The first-order chi connectivity index (χ1) is 6.21. The zero-order chi connectivity index (χ0) is 9.31. The number of nitrogens with one attached hydrogen (secondary N) is 1. The Morgan fingerprint density at radius 3 is 2.92 bits per heavy atom. The van der Waals surface area contributed by atoms with E-state index in [2.05, 4.69) is 20.5 Å². The first-order valence-electron chi connectivity index (χ1n) is 4.10. The molecule has 0 aromatic heterocycles. The number of azo groups is 1. The summed E-state index contributed by atoms with van der Waals surface area (Å²) in [4.78, 5) is 14.4. The quantitative estimate of drug-likeness (QED) is 0.635. The summed E-state index contributed by atoms with van der Waals surface area (Å²) in [6.07, 6.45) is 0. The van der Waals surface area contributed by atoms with Crippen LogP contribution in [0.1, 0.15) is 6.92 Å². The molecule has 1 saturated heterocycles. The maximum Gasteiger partial charge on any atom is 0.387 e. The number of carbonyl (C=O) groups excluding carboxylic acids is 1. The Bertz CT molecular complexity index is 291. The summed E-state index contributed by atoms with van der Waals surface area (Å²) >= 11 is 0. The highest BCUT2D eigenvalue weighted by molar-refractivity contribution is 6.03. The Morgan fingerprint density at radius 1 is 1.54 bits per heavy atom. The minimum absolute atomic E-state index is 0.365. The van der Waals surface area contributed by atoms with Crippen molar-refractivity contribution in [2.24, 2.45) is 15.2 Å². The van der Waals surface area contributed by atoms with E-state index in [1.165, 1.54) is 0 Å². The van der Waals surface area contributed by atoms with E-state index in [1.807, 2.05) is 6.92 Å². The summed E-state index contributed by atoms with van der Waals surface area (Å²) in [6.45, 7) is 3.86. The summed E-state index contributed by atoms with van der Waals surface area (Å²) in [5, 5.41) is 10.1. The molecule has 0 aromatic carbocycles. The van der Waals surface area contributed by atoms with Gasteiger partial charge < -0.3 is 10.1 Å². The number of amidine groups is 1. The molecule has 2 aliphatic rings. The van der Waals surface area contributed by atoms with E-state index in [4.69, 9.17) is 4.74 Å². The summed E-state index contributed by atoms with van der Waals surface area (Å²) in [6, 6.07) is -0.551. The van der Waals surface area contributed by atoms with E-state index in [0.29, 0.717) is 19.0 Å². The van der Waals surface area contributed by atoms with Crippen LogP contribution in [0.3, 0.4) is 0 Å². The zero-order valence-corrected chi connectivity index (χ0v) is 7.28. The molecule has 2 aliphatic heterocycles. The lowest BCUT2D eigenvalue weighted by Gasteiger charge is -2.32. The number of urea groups is 1. The van der Waals surface area contributed by atoms with Crippen molar-refractivity contribution < 1.29 is 9.53 Å². The van der Waals surface area contributed by atoms with Crippen molar-refractivity contribution in [3.63, 3.8) is 0 Å². The van der Waals surface area contributed by atoms with Crippen molar-refractivity contribution in [2.45, 2.75) is 12.5 Å². The predicted molar refractivity (Wildman–Crippen MR) is 44.9 cm³/mol. The Labute approximate surface area is 75.1 Å². The molecule has 0 saturated carbocycles. The van der Waals surface area contributed by atoms with Crippen molar-refractivity contribution >= 4 is 11.9 Å². The van der Waals surface area contributed by atoms with Crippen LogP contribution in [-0.2, 0) is 4.74 Å². The summed E-state index contributed by atoms with van der Waals surface area (Å²) in [7, 11) is 0. The van der Waals surface area contributed by atoms with Crippen molar-refractivity contribution in [1.82, 2.24) is 5.32 Å². The van der Waals surface area contributed by atoms with Crippen LogP contribution < -0.4 is 5.32 Å². The molecule has 70 valence electrons. The molecule has 1 fully saturated rings. The average molecular weight is 182 g/mol. The van der Waals surface area contributed by atoms with Gasteiger partial charge in [-0.2, -0.15) is 4.99 Å². The van der Waals surface area contributed by atoms with E-state index in [9.17, 15) is 4.79 Å². The number of ether oxygens (including phenoxy) is 1. The number of nitrogens with zero attached hydrogens (tertiary/aromatic N) is 3. The molecule has 1 atom stereocenters. The van der Waals surface area contributed by atoms with Crippen molar-refractivity contribution in [3.05, 3.63) is 0 Å². The lowest BCUT2D eigenvalue weighted by atomic mass is 10.0. The molecular formula is C7H10N4O2. The second-order valence-corrected chi connectivity index (χ2v) is 3.17. The summed E-state index contributed by atoms with van der Waals surface area (Å²) in [5.74, 6) is 0.365. The average Bonchev–Trinajstić information content (AvgIpc) is 2.54. The second kappa shape index (κ2) is 2.97. The maximum absolute atomic E-state index is 10.7.